The molecular formula is C19H30ClN5O2. The van der Waals surface area contributed by atoms with Gasteiger partial charge in [0.1, 0.15) is 5.75 Å². The molecular weight excluding hydrogens is 366 g/mol. The number of halogens is 1. The molecule has 8 heteroatoms. The van der Waals surface area contributed by atoms with E-state index in [0.717, 1.165) is 30.9 Å². The Labute approximate surface area is 166 Å². The van der Waals surface area contributed by atoms with Crippen LogP contribution in [0.1, 0.15) is 20.3 Å². The van der Waals surface area contributed by atoms with Crippen molar-refractivity contribution in [3.63, 3.8) is 0 Å². The van der Waals surface area contributed by atoms with Crippen LogP contribution in [0.5, 0.6) is 5.75 Å². The number of nitrogens with one attached hydrogen (secondary N) is 3. The molecule has 2 rings (SSSR count). The van der Waals surface area contributed by atoms with Crippen molar-refractivity contribution in [2.75, 3.05) is 45.7 Å². The predicted molar refractivity (Wildman–Crippen MR) is 111 cm³/mol. The van der Waals surface area contributed by atoms with Crippen molar-refractivity contribution in [1.82, 2.24) is 16.0 Å². The highest BCUT2D eigenvalue weighted by Crippen LogP contribution is 2.33. The summed E-state index contributed by atoms with van der Waals surface area (Å²) in [4.78, 5) is 18.5. The predicted octanol–water partition coefficient (Wildman–Crippen LogP) is 1.86. The van der Waals surface area contributed by atoms with Gasteiger partial charge in [-0.05, 0) is 38.5 Å². The van der Waals surface area contributed by atoms with Gasteiger partial charge in [-0.2, -0.15) is 0 Å². The summed E-state index contributed by atoms with van der Waals surface area (Å²) >= 11 is 6.16. The van der Waals surface area contributed by atoms with Gasteiger partial charge in [0.05, 0.1) is 18.2 Å². The number of hydrogen-bond donors (Lipinski definition) is 3. The van der Waals surface area contributed by atoms with E-state index >= 15 is 0 Å². The number of guanidine groups is 1. The topological polar surface area (TPSA) is 78.0 Å². The summed E-state index contributed by atoms with van der Waals surface area (Å²) in [7, 11) is 5.04. The first-order chi connectivity index (χ1) is 12.8. The van der Waals surface area contributed by atoms with Crippen molar-refractivity contribution < 1.29 is 9.53 Å². The van der Waals surface area contributed by atoms with Gasteiger partial charge < -0.3 is 25.6 Å². The van der Waals surface area contributed by atoms with E-state index in [4.69, 9.17) is 16.3 Å². The standard InChI is InChI=1S/C19H30ClN5O2/c1-19(2,17(26)21-3)12-23-18(22-4)24-14-8-9-25(11-14)15-10-13(20)6-7-16(15)27-5/h6-7,10,14H,8-9,11-12H2,1-5H3,(H,21,26)(H2,22,23,24). The molecule has 150 valence electrons. The normalized spacial score (nSPS) is 17.6. The van der Waals surface area contributed by atoms with Crippen LogP contribution in [0.15, 0.2) is 23.2 Å². The van der Waals surface area contributed by atoms with Crippen molar-refractivity contribution in [2.45, 2.75) is 26.3 Å². The third-order valence-electron chi connectivity index (χ3n) is 4.77. The minimum absolute atomic E-state index is 0.00875. The maximum absolute atomic E-state index is 11.9. The van der Waals surface area contributed by atoms with Gasteiger partial charge in [-0.15, -0.1) is 0 Å². The fourth-order valence-corrected chi connectivity index (χ4v) is 3.28. The average Bonchev–Trinajstić information content (AvgIpc) is 3.12. The molecule has 1 heterocycles. The number of hydrogen-bond acceptors (Lipinski definition) is 4. The number of amides is 1. The number of carbonyl (C=O) groups is 1. The molecule has 0 aliphatic carbocycles. The Balaban J connectivity index is 1.95. The maximum atomic E-state index is 11.9. The molecule has 1 aromatic carbocycles. The summed E-state index contributed by atoms with van der Waals surface area (Å²) in [5, 5.41) is 10.1. The zero-order chi connectivity index (χ0) is 20.0. The Morgan fingerprint density at radius 2 is 2.19 bits per heavy atom. The van der Waals surface area contributed by atoms with Crippen molar-refractivity contribution in [3.05, 3.63) is 23.2 Å². The second-order valence-electron chi connectivity index (χ2n) is 7.28. The number of carbonyl (C=O) groups excluding carboxylic acids is 1. The van der Waals surface area contributed by atoms with Crippen LogP contribution in [0.4, 0.5) is 5.69 Å². The lowest BCUT2D eigenvalue weighted by Gasteiger charge is -2.25. The number of ether oxygens (including phenoxy) is 1. The van der Waals surface area contributed by atoms with Crippen LogP contribution in [0.2, 0.25) is 5.02 Å². The van der Waals surface area contributed by atoms with E-state index in [-0.39, 0.29) is 11.9 Å². The molecule has 1 unspecified atom stereocenters. The van der Waals surface area contributed by atoms with Crippen LogP contribution in [0.3, 0.4) is 0 Å². The molecule has 0 spiro atoms. The highest BCUT2D eigenvalue weighted by atomic mass is 35.5. The van der Waals surface area contributed by atoms with E-state index in [1.807, 2.05) is 32.0 Å². The number of nitrogens with zero attached hydrogens (tertiary/aromatic N) is 2. The number of aliphatic imine (C=N–C) groups is 1. The molecule has 0 saturated carbocycles. The number of methoxy groups -OCH3 is 1. The lowest BCUT2D eigenvalue weighted by molar-refractivity contribution is -0.128. The summed E-state index contributed by atoms with van der Waals surface area (Å²) in [6.45, 7) is 6.00. The van der Waals surface area contributed by atoms with E-state index in [0.29, 0.717) is 17.5 Å². The first-order valence-corrected chi connectivity index (χ1v) is 9.46. The minimum atomic E-state index is -0.526. The number of rotatable bonds is 6. The summed E-state index contributed by atoms with van der Waals surface area (Å²) in [5.41, 5.74) is 0.473. The number of benzene rings is 1. The van der Waals surface area contributed by atoms with Gasteiger partial charge in [0.2, 0.25) is 5.91 Å². The second kappa shape index (κ2) is 9.17. The first-order valence-electron chi connectivity index (χ1n) is 9.08. The van der Waals surface area contributed by atoms with Crippen LogP contribution >= 0.6 is 11.6 Å². The molecule has 0 aromatic heterocycles. The Morgan fingerprint density at radius 3 is 2.81 bits per heavy atom. The zero-order valence-corrected chi connectivity index (χ0v) is 17.5. The summed E-state index contributed by atoms with van der Waals surface area (Å²) in [5.74, 6) is 1.50. The Kier molecular flexibility index (Phi) is 7.18. The van der Waals surface area contributed by atoms with Crippen LogP contribution in [0, 0.1) is 5.41 Å². The van der Waals surface area contributed by atoms with Gasteiger partial charge in [-0.1, -0.05) is 11.6 Å². The maximum Gasteiger partial charge on any atom is 0.227 e. The summed E-state index contributed by atoms with van der Waals surface area (Å²) < 4.78 is 5.46. The third-order valence-corrected chi connectivity index (χ3v) is 5.01. The minimum Gasteiger partial charge on any atom is -0.495 e. The molecule has 0 bridgehead atoms. The largest absolute Gasteiger partial charge is 0.495 e. The fourth-order valence-electron chi connectivity index (χ4n) is 3.12. The Bertz CT molecular complexity index is 693. The lowest BCUT2D eigenvalue weighted by Crippen LogP contribution is -2.50. The van der Waals surface area contributed by atoms with Gasteiger partial charge in [-0.25, -0.2) is 0 Å². The van der Waals surface area contributed by atoms with E-state index in [1.165, 1.54) is 0 Å². The van der Waals surface area contributed by atoms with Crippen molar-refractivity contribution >= 4 is 29.2 Å². The van der Waals surface area contributed by atoms with Crippen LogP contribution in [-0.4, -0.2) is 58.7 Å². The molecule has 1 fully saturated rings. The Hall–Kier alpha value is -2.15. The monoisotopic (exact) mass is 395 g/mol. The molecule has 1 aliphatic heterocycles. The SMILES string of the molecule is CN=C(NCC(C)(C)C(=O)NC)NC1CCN(c2cc(Cl)ccc2OC)C1. The van der Waals surface area contributed by atoms with Gasteiger partial charge in [0.25, 0.3) is 0 Å². The molecule has 1 saturated heterocycles. The number of anilines is 1. The van der Waals surface area contributed by atoms with E-state index in [2.05, 4.69) is 25.8 Å². The fraction of sp³-hybridized carbons (Fsp3) is 0.579. The van der Waals surface area contributed by atoms with Crippen LogP contribution in [-0.2, 0) is 4.79 Å². The molecule has 1 aliphatic rings. The smallest absolute Gasteiger partial charge is 0.227 e. The van der Waals surface area contributed by atoms with Gasteiger partial charge in [0.15, 0.2) is 5.96 Å². The first kappa shape index (κ1) is 21.2. The van der Waals surface area contributed by atoms with Crippen molar-refractivity contribution in [2.24, 2.45) is 10.4 Å². The second-order valence-corrected chi connectivity index (χ2v) is 7.72. The van der Waals surface area contributed by atoms with Gasteiger partial charge >= 0.3 is 0 Å². The molecule has 7 nitrogen and oxygen atoms in total. The molecule has 1 amide bonds. The van der Waals surface area contributed by atoms with Gasteiger partial charge in [-0.3, -0.25) is 9.79 Å². The Morgan fingerprint density at radius 1 is 1.44 bits per heavy atom. The molecule has 0 radical (unpaired) electrons. The van der Waals surface area contributed by atoms with Crippen LogP contribution < -0.4 is 25.6 Å². The van der Waals surface area contributed by atoms with E-state index < -0.39 is 5.41 Å². The van der Waals surface area contributed by atoms with E-state index in [1.54, 1.807) is 21.2 Å². The highest BCUT2D eigenvalue weighted by molar-refractivity contribution is 6.30. The molecule has 3 N–H and O–H groups in total. The van der Waals surface area contributed by atoms with Crippen LogP contribution in [0.25, 0.3) is 0 Å². The summed E-state index contributed by atoms with van der Waals surface area (Å²) in [6.07, 6.45) is 0.967. The average molecular weight is 396 g/mol. The van der Waals surface area contributed by atoms with E-state index in [9.17, 15) is 4.79 Å². The zero-order valence-electron chi connectivity index (χ0n) is 16.7. The van der Waals surface area contributed by atoms with Crippen molar-refractivity contribution in [1.29, 1.82) is 0 Å². The third kappa shape index (κ3) is 5.42. The van der Waals surface area contributed by atoms with Gasteiger partial charge in [0, 0.05) is 44.8 Å². The lowest BCUT2D eigenvalue weighted by atomic mass is 9.92. The quantitative estimate of drug-likeness (QED) is 0.506. The molecule has 27 heavy (non-hydrogen) atoms. The van der Waals surface area contributed by atoms with Crippen molar-refractivity contribution in [3.8, 4) is 5.75 Å². The molecule has 1 aromatic rings. The summed E-state index contributed by atoms with van der Waals surface area (Å²) in [6, 6.07) is 5.89. The molecule has 1 atom stereocenters. The highest BCUT2D eigenvalue weighted by Gasteiger charge is 2.28.